The van der Waals surface area contributed by atoms with Crippen LogP contribution in [0.25, 0.3) is 0 Å². The average Bonchev–Trinajstić information content (AvgIpc) is 2.75. The Morgan fingerprint density at radius 3 is 2.52 bits per heavy atom. The molecule has 0 aromatic heterocycles. The van der Waals surface area contributed by atoms with E-state index in [9.17, 15) is 4.79 Å². The van der Waals surface area contributed by atoms with Gasteiger partial charge in [0.05, 0.1) is 0 Å². The van der Waals surface area contributed by atoms with E-state index in [1.54, 1.807) is 0 Å². The van der Waals surface area contributed by atoms with Crippen LogP contribution in [0.4, 0.5) is 5.69 Å². The zero-order chi connectivity index (χ0) is 20.5. The molecule has 1 aliphatic rings. The Kier molecular flexibility index (Phi) is 8.38. The number of nitrogens with one attached hydrogen (secondary N) is 2. The van der Waals surface area contributed by atoms with E-state index >= 15 is 0 Å². The van der Waals surface area contributed by atoms with Gasteiger partial charge in [0.2, 0.25) is 0 Å². The molecule has 0 aliphatic carbocycles. The smallest absolute Gasteiger partial charge is 0.253 e. The molecular formula is C23H29N3OS2. The lowest BCUT2D eigenvalue weighted by Gasteiger charge is -2.26. The highest BCUT2D eigenvalue weighted by Gasteiger charge is 2.17. The molecule has 1 fully saturated rings. The summed E-state index contributed by atoms with van der Waals surface area (Å²) >= 11 is 7.28. The SMILES string of the molecule is Cc1ccccc1CSCCNC(=S)Nc1ccc(C(=O)N2CCCCC2)cc1. The van der Waals surface area contributed by atoms with E-state index in [2.05, 4.69) is 41.8 Å². The number of thiocarbonyl (C=S) groups is 1. The Morgan fingerprint density at radius 1 is 1.07 bits per heavy atom. The van der Waals surface area contributed by atoms with Crippen molar-refractivity contribution in [3.05, 3.63) is 65.2 Å². The maximum Gasteiger partial charge on any atom is 0.253 e. The van der Waals surface area contributed by atoms with E-state index in [4.69, 9.17) is 12.2 Å². The van der Waals surface area contributed by atoms with Gasteiger partial charge in [0, 0.05) is 42.4 Å². The summed E-state index contributed by atoms with van der Waals surface area (Å²) in [6, 6.07) is 16.1. The third kappa shape index (κ3) is 6.75. The number of rotatable bonds is 7. The first-order valence-electron chi connectivity index (χ1n) is 10.2. The summed E-state index contributed by atoms with van der Waals surface area (Å²) < 4.78 is 0. The third-order valence-corrected chi connectivity index (χ3v) is 6.34. The van der Waals surface area contributed by atoms with Crippen molar-refractivity contribution in [3.63, 3.8) is 0 Å². The van der Waals surface area contributed by atoms with Crippen molar-refractivity contribution >= 4 is 40.7 Å². The van der Waals surface area contributed by atoms with Gasteiger partial charge in [-0.3, -0.25) is 4.79 Å². The molecule has 0 bridgehead atoms. The van der Waals surface area contributed by atoms with Crippen LogP contribution in [0.5, 0.6) is 0 Å². The number of thioether (sulfide) groups is 1. The normalized spacial score (nSPS) is 13.8. The highest BCUT2D eigenvalue weighted by Crippen LogP contribution is 2.16. The van der Waals surface area contributed by atoms with Crippen LogP contribution in [0.15, 0.2) is 48.5 Å². The molecule has 3 rings (SSSR count). The van der Waals surface area contributed by atoms with Crippen molar-refractivity contribution in [2.45, 2.75) is 31.9 Å². The number of hydrogen-bond acceptors (Lipinski definition) is 3. The van der Waals surface area contributed by atoms with Crippen molar-refractivity contribution in [2.24, 2.45) is 0 Å². The third-order valence-electron chi connectivity index (χ3n) is 5.08. The maximum atomic E-state index is 12.5. The molecule has 0 radical (unpaired) electrons. The van der Waals surface area contributed by atoms with Gasteiger partial charge in [-0.05, 0) is 73.8 Å². The molecular weight excluding hydrogens is 398 g/mol. The molecule has 1 saturated heterocycles. The van der Waals surface area contributed by atoms with Crippen LogP contribution in [-0.4, -0.2) is 41.3 Å². The molecule has 1 heterocycles. The van der Waals surface area contributed by atoms with Gasteiger partial charge in [-0.2, -0.15) is 11.8 Å². The summed E-state index contributed by atoms with van der Waals surface area (Å²) in [6.45, 7) is 4.70. The van der Waals surface area contributed by atoms with Gasteiger partial charge < -0.3 is 15.5 Å². The van der Waals surface area contributed by atoms with Crippen molar-refractivity contribution < 1.29 is 4.79 Å². The Hall–Kier alpha value is -2.05. The van der Waals surface area contributed by atoms with Crippen LogP contribution in [-0.2, 0) is 5.75 Å². The van der Waals surface area contributed by atoms with Gasteiger partial charge in [0.15, 0.2) is 5.11 Å². The first-order chi connectivity index (χ1) is 14.1. The number of amides is 1. The standard InChI is InChI=1S/C23H29N3OS2/c1-18-7-3-4-8-20(18)17-29-16-13-24-23(28)25-21-11-9-19(10-12-21)22(27)26-14-5-2-6-15-26/h3-4,7-12H,2,5-6,13-17H2,1H3,(H2,24,25,28). The Bertz CT molecular complexity index is 817. The number of likely N-dealkylation sites (tertiary alicyclic amines) is 1. The lowest BCUT2D eigenvalue weighted by atomic mass is 10.1. The highest BCUT2D eigenvalue weighted by atomic mass is 32.2. The van der Waals surface area contributed by atoms with Crippen LogP contribution in [0.1, 0.15) is 40.7 Å². The van der Waals surface area contributed by atoms with E-state index in [0.717, 1.165) is 55.2 Å². The minimum atomic E-state index is 0.127. The highest BCUT2D eigenvalue weighted by molar-refractivity contribution is 7.98. The molecule has 2 N–H and O–H groups in total. The summed E-state index contributed by atoms with van der Waals surface area (Å²) in [5, 5.41) is 7.04. The zero-order valence-corrected chi connectivity index (χ0v) is 18.6. The summed E-state index contributed by atoms with van der Waals surface area (Å²) in [7, 11) is 0. The number of carbonyl (C=O) groups is 1. The number of benzene rings is 2. The van der Waals surface area contributed by atoms with Crippen molar-refractivity contribution in [1.82, 2.24) is 10.2 Å². The summed E-state index contributed by atoms with van der Waals surface area (Å²) in [5.74, 6) is 2.13. The molecule has 0 spiro atoms. The minimum Gasteiger partial charge on any atom is -0.362 e. The first-order valence-corrected chi connectivity index (χ1v) is 11.8. The topological polar surface area (TPSA) is 44.4 Å². The molecule has 2 aromatic carbocycles. The van der Waals surface area contributed by atoms with Gasteiger partial charge in [-0.1, -0.05) is 24.3 Å². The van der Waals surface area contributed by atoms with Crippen molar-refractivity contribution in [3.8, 4) is 0 Å². The second-order valence-electron chi connectivity index (χ2n) is 7.29. The first kappa shape index (κ1) is 21.7. The average molecular weight is 428 g/mol. The van der Waals surface area contributed by atoms with E-state index in [1.807, 2.05) is 40.9 Å². The summed E-state index contributed by atoms with van der Waals surface area (Å²) in [4.78, 5) is 14.5. The number of piperidine rings is 1. The summed E-state index contributed by atoms with van der Waals surface area (Å²) in [6.07, 6.45) is 3.44. The van der Waals surface area contributed by atoms with Crippen LogP contribution >= 0.6 is 24.0 Å². The Balaban J connectivity index is 1.37. The van der Waals surface area contributed by atoms with Gasteiger partial charge in [-0.25, -0.2) is 0 Å². The lowest BCUT2D eigenvalue weighted by Crippen LogP contribution is -2.35. The fourth-order valence-corrected chi connectivity index (χ4v) is 4.50. The van der Waals surface area contributed by atoms with Crippen LogP contribution in [0.2, 0.25) is 0 Å². The van der Waals surface area contributed by atoms with Gasteiger partial charge in [-0.15, -0.1) is 0 Å². The number of hydrogen-bond donors (Lipinski definition) is 2. The van der Waals surface area contributed by atoms with E-state index < -0.39 is 0 Å². The molecule has 2 aromatic rings. The van der Waals surface area contributed by atoms with Gasteiger partial charge in [0.25, 0.3) is 5.91 Å². The van der Waals surface area contributed by atoms with E-state index in [-0.39, 0.29) is 5.91 Å². The quantitative estimate of drug-likeness (QED) is 0.489. The van der Waals surface area contributed by atoms with Crippen molar-refractivity contribution in [1.29, 1.82) is 0 Å². The second-order valence-corrected chi connectivity index (χ2v) is 8.80. The molecule has 4 nitrogen and oxygen atoms in total. The minimum absolute atomic E-state index is 0.127. The Labute approximate surface area is 183 Å². The fraction of sp³-hybridized carbons (Fsp3) is 0.391. The van der Waals surface area contributed by atoms with E-state index in [1.165, 1.54) is 17.5 Å². The molecule has 0 saturated carbocycles. The molecule has 0 unspecified atom stereocenters. The maximum absolute atomic E-state index is 12.5. The molecule has 6 heteroatoms. The van der Waals surface area contributed by atoms with E-state index in [0.29, 0.717) is 5.11 Å². The van der Waals surface area contributed by atoms with Gasteiger partial charge in [0.1, 0.15) is 0 Å². The molecule has 29 heavy (non-hydrogen) atoms. The number of carbonyl (C=O) groups excluding carboxylic acids is 1. The van der Waals surface area contributed by atoms with Crippen LogP contribution in [0, 0.1) is 6.92 Å². The Morgan fingerprint density at radius 2 is 1.79 bits per heavy atom. The monoisotopic (exact) mass is 427 g/mol. The predicted molar refractivity (Wildman–Crippen MR) is 128 cm³/mol. The van der Waals surface area contributed by atoms with Crippen molar-refractivity contribution in [2.75, 3.05) is 30.7 Å². The largest absolute Gasteiger partial charge is 0.362 e. The number of anilines is 1. The van der Waals surface area contributed by atoms with Crippen LogP contribution < -0.4 is 10.6 Å². The second kappa shape index (κ2) is 11.2. The zero-order valence-electron chi connectivity index (χ0n) is 16.9. The molecule has 1 amide bonds. The van der Waals surface area contributed by atoms with Crippen LogP contribution in [0.3, 0.4) is 0 Å². The number of aryl methyl sites for hydroxylation is 1. The fourth-order valence-electron chi connectivity index (χ4n) is 3.34. The molecule has 1 aliphatic heterocycles. The molecule has 0 atom stereocenters. The van der Waals surface area contributed by atoms with Gasteiger partial charge >= 0.3 is 0 Å². The summed E-state index contributed by atoms with van der Waals surface area (Å²) in [5.41, 5.74) is 4.36. The predicted octanol–water partition coefficient (Wildman–Crippen LogP) is 4.84. The molecule has 154 valence electrons. The lowest BCUT2D eigenvalue weighted by molar-refractivity contribution is 0.0724. The number of nitrogens with zero attached hydrogens (tertiary/aromatic N) is 1.